The topological polar surface area (TPSA) is 36.4 Å². The van der Waals surface area contributed by atoms with E-state index in [1.807, 2.05) is 47.5 Å². The van der Waals surface area contributed by atoms with Crippen molar-refractivity contribution >= 4 is 17.2 Å². The average Bonchev–Trinajstić information content (AvgIpc) is 3.15. The van der Waals surface area contributed by atoms with Crippen molar-refractivity contribution in [3.63, 3.8) is 0 Å². The van der Waals surface area contributed by atoms with Crippen LogP contribution in [-0.4, -0.2) is 46.9 Å². The summed E-state index contributed by atoms with van der Waals surface area (Å²) in [7, 11) is 0. The van der Waals surface area contributed by atoms with E-state index in [0.29, 0.717) is 0 Å². The zero-order valence-corrected chi connectivity index (χ0v) is 16.3. The summed E-state index contributed by atoms with van der Waals surface area (Å²) in [4.78, 5) is 21.9. The first-order valence-corrected chi connectivity index (χ1v) is 10.1. The van der Waals surface area contributed by atoms with E-state index in [2.05, 4.69) is 34.1 Å². The van der Waals surface area contributed by atoms with Gasteiger partial charge in [0.1, 0.15) is 5.01 Å². The highest BCUT2D eigenvalue weighted by Gasteiger charge is 2.22. The lowest BCUT2D eigenvalue weighted by atomic mass is 10.1. The highest BCUT2D eigenvalue weighted by molar-refractivity contribution is 7.13. The van der Waals surface area contributed by atoms with E-state index >= 15 is 0 Å². The summed E-state index contributed by atoms with van der Waals surface area (Å²) in [5.41, 5.74) is 4.10. The third-order valence-corrected chi connectivity index (χ3v) is 5.89. The van der Waals surface area contributed by atoms with Crippen LogP contribution in [0.5, 0.6) is 0 Å². The van der Waals surface area contributed by atoms with Gasteiger partial charge in [-0.2, -0.15) is 0 Å². The van der Waals surface area contributed by atoms with Gasteiger partial charge in [-0.05, 0) is 24.6 Å². The van der Waals surface area contributed by atoms with Gasteiger partial charge in [0.25, 0.3) is 5.91 Å². The Morgan fingerprint density at radius 3 is 2.52 bits per heavy atom. The summed E-state index contributed by atoms with van der Waals surface area (Å²) in [5.74, 6) is 0.115. The number of benzene rings is 2. The molecule has 4 nitrogen and oxygen atoms in total. The highest BCUT2D eigenvalue weighted by Crippen LogP contribution is 2.25. The van der Waals surface area contributed by atoms with E-state index < -0.39 is 0 Å². The Labute approximate surface area is 164 Å². The molecule has 0 saturated carbocycles. The lowest BCUT2D eigenvalue weighted by Gasteiger charge is -2.34. The van der Waals surface area contributed by atoms with Gasteiger partial charge in [-0.3, -0.25) is 9.69 Å². The molecular weight excluding hydrogens is 354 g/mol. The van der Waals surface area contributed by atoms with Gasteiger partial charge >= 0.3 is 0 Å². The molecule has 2 aromatic carbocycles. The van der Waals surface area contributed by atoms with Gasteiger partial charge < -0.3 is 4.90 Å². The molecule has 5 heteroatoms. The zero-order chi connectivity index (χ0) is 18.6. The Bertz CT molecular complexity index is 914. The molecule has 1 fully saturated rings. The molecule has 0 N–H and O–H groups in total. The molecule has 1 amide bonds. The fourth-order valence-electron chi connectivity index (χ4n) is 3.41. The van der Waals surface area contributed by atoms with E-state index in [-0.39, 0.29) is 5.91 Å². The number of thiazole rings is 1. The maximum atomic E-state index is 12.9. The van der Waals surface area contributed by atoms with Gasteiger partial charge in [-0.15, -0.1) is 11.3 Å². The van der Waals surface area contributed by atoms with Crippen molar-refractivity contribution in [2.45, 2.75) is 13.5 Å². The number of piperazine rings is 1. The number of rotatable bonds is 4. The van der Waals surface area contributed by atoms with E-state index in [1.54, 1.807) is 11.3 Å². The largest absolute Gasteiger partial charge is 0.336 e. The molecule has 2 heterocycles. The predicted molar refractivity (Wildman–Crippen MR) is 110 cm³/mol. The lowest BCUT2D eigenvalue weighted by molar-refractivity contribution is 0.0628. The molecule has 0 radical (unpaired) electrons. The first kappa shape index (κ1) is 17.9. The Morgan fingerprint density at radius 1 is 1.04 bits per heavy atom. The van der Waals surface area contributed by atoms with Crippen LogP contribution in [0.15, 0.2) is 60.0 Å². The molecule has 1 saturated heterocycles. The number of hydrogen-bond donors (Lipinski definition) is 0. The van der Waals surface area contributed by atoms with Crippen LogP contribution in [-0.2, 0) is 6.54 Å². The number of aryl methyl sites for hydroxylation is 1. The van der Waals surface area contributed by atoms with Crippen LogP contribution < -0.4 is 0 Å². The number of carbonyl (C=O) groups excluding carboxylic acids is 1. The predicted octanol–water partition coefficient (Wildman–Crippen LogP) is 4.08. The van der Waals surface area contributed by atoms with E-state index in [0.717, 1.165) is 54.6 Å². The smallest absolute Gasteiger partial charge is 0.253 e. The van der Waals surface area contributed by atoms with Gasteiger partial charge in [0.2, 0.25) is 0 Å². The van der Waals surface area contributed by atoms with Crippen LogP contribution in [0.1, 0.15) is 21.6 Å². The minimum atomic E-state index is 0.115. The van der Waals surface area contributed by atoms with Crippen molar-refractivity contribution in [1.29, 1.82) is 0 Å². The molecule has 0 atom stereocenters. The molecule has 1 aromatic heterocycles. The molecule has 0 unspecified atom stereocenters. The van der Waals surface area contributed by atoms with E-state index in [1.165, 1.54) is 5.56 Å². The Hall–Kier alpha value is -2.50. The maximum Gasteiger partial charge on any atom is 0.253 e. The summed E-state index contributed by atoms with van der Waals surface area (Å²) in [6.07, 6.45) is 0. The van der Waals surface area contributed by atoms with Crippen LogP contribution >= 0.6 is 11.3 Å². The molecular formula is C22H23N3OS. The SMILES string of the molecule is Cc1csc(-c2cccc(C(=O)N3CCN(Cc4ccccc4)CC3)c2)n1. The second-order valence-electron chi connectivity index (χ2n) is 6.93. The van der Waals surface area contributed by atoms with E-state index in [4.69, 9.17) is 0 Å². The molecule has 0 bridgehead atoms. The monoisotopic (exact) mass is 377 g/mol. The molecule has 27 heavy (non-hydrogen) atoms. The van der Waals surface area contributed by atoms with Crippen LogP contribution in [0.25, 0.3) is 10.6 Å². The average molecular weight is 378 g/mol. The van der Waals surface area contributed by atoms with Crippen LogP contribution in [0, 0.1) is 6.92 Å². The Morgan fingerprint density at radius 2 is 1.81 bits per heavy atom. The molecule has 1 aliphatic rings. The quantitative estimate of drug-likeness (QED) is 0.687. The fraction of sp³-hybridized carbons (Fsp3) is 0.273. The molecule has 3 aromatic rings. The van der Waals surface area contributed by atoms with Crippen LogP contribution in [0.3, 0.4) is 0 Å². The second-order valence-corrected chi connectivity index (χ2v) is 7.79. The van der Waals surface area contributed by atoms with Crippen LogP contribution in [0.4, 0.5) is 0 Å². The summed E-state index contributed by atoms with van der Waals surface area (Å²) in [5, 5.41) is 3.00. The summed E-state index contributed by atoms with van der Waals surface area (Å²) in [6, 6.07) is 18.4. The number of carbonyl (C=O) groups is 1. The first-order valence-electron chi connectivity index (χ1n) is 9.27. The molecule has 138 valence electrons. The number of nitrogens with zero attached hydrogens (tertiary/aromatic N) is 3. The third kappa shape index (κ3) is 4.26. The molecule has 0 spiro atoms. The van der Waals surface area contributed by atoms with Crippen LogP contribution in [0.2, 0.25) is 0 Å². The minimum Gasteiger partial charge on any atom is -0.336 e. The highest BCUT2D eigenvalue weighted by atomic mass is 32.1. The first-order chi connectivity index (χ1) is 13.2. The van der Waals surface area contributed by atoms with Crippen molar-refractivity contribution in [3.05, 3.63) is 76.8 Å². The van der Waals surface area contributed by atoms with Gasteiger partial charge in [-0.1, -0.05) is 42.5 Å². The molecule has 1 aliphatic heterocycles. The van der Waals surface area contributed by atoms with Crippen molar-refractivity contribution in [2.24, 2.45) is 0 Å². The van der Waals surface area contributed by atoms with E-state index in [9.17, 15) is 4.79 Å². The van der Waals surface area contributed by atoms with Crippen molar-refractivity contribution < 1.29 is 4.79 Å². The normalized spacial score (nSPS) is 15.1. The number of hydrogen-bond acceptors (Lipinski definition) is 4. The van der Waals surface area contributed by atoms with Gasteiger partial charge in [0, 0.05) is 54.9 Å². The maximum absolute atomic E-state index is 12.9. The molecule has 4 rings (SSSR count). The van der Waals surface area contributed by atoms with Gasteiger partial charge in [0.15, 0.2) is 0 Å². The summed E-state index contributed by atoms with van der Waals surface area (Å²) in [6.45, 7) is 6.29. The van der Waals surface area contributed by atoms with Gasteiger partial charge in [0.05, 0.1) is 0 Å². The third-order valence-electron chi connectivity index (χ3n) is 4.88. The van der Waals surface area contributed by atoms with Crippen molar-refractivity contribution in [1.82, 2.24) is 14.8 Å². The summed E-state index contributed by atoms with van der Waals surface area (Å²) < 4.78 is 0. The summed E-state index contributed by atoms with van der Waals surface area (Å²) >= 11 is 1.62. The number of amides is 1. The number of aromatic nitrogens is 1. The standard InChI is InChI=1S/C22H23N3OS/c1-17-16-27-21(23-17)19-8-5-9-20(14-19)22(26)25-12-10-24(11-13-25)15-18-6-3-2-4-7-18/h2-9,14,16H,10-13,15H2,1H3. The molecule has 0 aliphatic carbocycles. The second kappa shape index (κ2) is 8.03. The minimum absolute atomic E-state index is 0.115. The Balaban J connectivity index is 1.39. The zero-order valence-electron chi connectivity index (χ0n) is 15.5. The van der Waals surface area contributed by atoms with Crippen molar-refractivity contribution in [3.8, 4) is 10.6 Å². The fourth-order valence-corrected chi connectivity index (χ4v) is 4.20. The van der Waals surface area contributed by atoms with Gasteiger partial charge in [-0.25, -0.2) is 4.98 Å². The lowest BCUT2D eigenvalue weighted by Crippen LogP contribution is -2.48. The van der Waals surface area contributed by atoms with Crippen molar-refractivity contribution in [2.75, 3.05) is 26.2 Å². The Kier molecular flexibility index (Phi) is 5.32.